The molecule has 2 atom stereocenters. The van der Waals surface area contributed by atoms with Crippen molar-refractivity contribution in [1.29, 1.82) is 5.26 Å². The van der Waals surface area contributed by atoms with E-state index in [1.807, 2.05) is 6.92 Å². The lowest BCUT2D eigenvalue weighted by atomic mass is 10.0. The number of nitrogens with one attached hydrogen (secondary N) is 1. The number of ether oxygens (including phenoxy) is 1. The number of nitrogens with zero attached hydrogens (tertiary/aromatic N) is 1. The summed E-state index contributed by atoms with van der Waals surface area (Å²) in [6.07, 6.45) is 0.705. The van der Waals surface area contributed by atoms with Gasteiger partial charge in [-0.3, -0.25) is 10.1 Å². The van der Waals surface area contributed by atoms with Gasteiger partial charge in [-0.1, -0.05) is 13.8 Å². The Morgan fingerprint density at radius 3 is 2.43 bits per heavy atom. The molecule has 21 heavy (non-hydrogen) atoms. The van der Waals surface area contributed by atoms with Crippen LogP contribution in [0.2, 0.25) is 0 Å². The number of rotatable bonds is 8. The monoisotopic (exact) mass is 289 g/mol. The van der Waals surface area contributed by atoms with Crippen LogP contribution in [-0.2, 0) is 4.79 Å². The smallest absolute Gasteiger partial charge is 0.234 e. The molecule has 0 aromatic heterocycles. The number of carbonyl (C=O) groups is 1. The van der Waals surface area contributed by atoms with Gasteiger partial charge in [0.15, 0.2) is 0 Å². The predicted octanol–water partition coefficient (Wildman–Crippen LogP) is 1.82. The van der Waals surface area contributed by atoms with Crippen molar-refractivity contribution in [3.63, 3.8) is 0 Å². The van der Waals surface area contributed by atoms with E-state index in [0.29, 0.717) is 30.3 Å². The van der Waals surface area contributed by atoms with Crippen molar-refractivity contribution in [1.82, 2.24) is 5.32 Å². The number of hydrogen-bond donors (Lipinski definition) is 2. The van der Waals surface area contributed by atoms with E-state index in [9.17, 15) is 4.79 Å². The molecule has 1 rings (SSSR count). The molecule has 0 aliphatic rings. The van der Waals surface area contributed by atoms with Crippen molar-refractivity contribution in [3.05, 3.63) is 29.8 Å². The lowest BCUT2D eigenvalue weighted by Gasteiger charge is -2.22. The Hall–Kier alpha value is -2.06. The number of nitriles is 1. The van der Waals surface area contributed by atoms with Crippen LogP contribution in [0.3, 0.4) is 0 Å². The second kappa shape index (κ2) is 8.28. The zero-order valence-electron chi connectivity index (χ0n) is 12.8. The van der Waals surface area contributed by atoms with Gasteiger partial charge in [0.2, 0.25) is 5.91 Å². The van der Waals surface area contributed by atoms with Crippen molar-refractivity contribution >= 4 is 5.91 Å². The van der Waals surface area contributed by atoms with E-state index in [1.54, 1.807) is 24.3 Å². The van der Waals surface area contributed by atoms with Crippen LogP contribution < -0.4 is 15.8 Å². The average molecular weight is 289 g/mol. The molecule has 0 heterocycles. The van der Waals surface area contributed by atoms with Crippen LogP contribution in [0.15, 0.2) is 24.3 Å². The lowest BCUT2D eigenvalue weighted by Crippen LogP contribution is -2.48. The van der Waals surface area contributed by atoms with E-state index in [0.717, 1.165) is 0 Å². The molecule has 1 unspecified atom stereocenters. The number of amides is 1. The highest BCUT2D eigenvalue weighted by Gasteiger charge is 2.19. The van der Waals surface area contributed by atoms with E-state index in [4.69, 9.17) is 15.7 Å². The molecule has 5 heteroatoms. The van der Waals surface area contributed by atoms with Crippen LogP contribution in [-0.4, -0.2) is 24.6 Å². The standard InChI is InChI=1S/C16H23N3O2/c1-11(2)8-15(16(18)20)19-12(3)10-21-14-6-4-13(9-17)5-7-14/h4-7,11-12,15,19H,8,10H2,1-3H3,(H2,18,20)/t12?,15-/m0/s1. The minimum atomic E-state index is -0.343. The topological polar surface area (TPSA) is 88.1 Å². The fraction of sp³-hybridized carbons (Fsp3) is 0.500. The summed E-state index contributed by atoms with van der Waals surface area (Å²) in [5, 5.41) is 11.9. The number of hydrogen-bond acceptors (Lipinski definition) is 4. The van der Waals surface area contributed by atoms with Crippen LogP contribution in [0.4, 0.5) is 0 Å². The fourth-order valence-electron chi connectivity index (χ4n) is 1.98. The molecular formula is C16H23N3O2. The van der Waals surface area contributed by atoms with Crippen molar-refractivity contribution < 1.29 is 9.53 Å². The van der Waals surface area contributed by atoms with Crippen LogP contribution in [0, 0.1) is 17.2 Å². The Labute approximate surface area is 126 Å². The lowest BCUT2D eigenvalue weighted by molar-refractivity contribution is -0.120. The van der Waals surface area contributed by atoms with Gasteiger partial charge in [0.05, 0.1) is 17.7 Å². The summed E-state index contributed by atoms with van der Waals surface area (Å²) in [4.78, 5) is 11.4. The fourth-order valence-corrected chi connectivity index (χ4v) is 1.98. The summed E-state index contributed by atoms with van der Waals surface area (Å²) in [5.74, 6) is 0.748. The highest BCUT2D eigenvalue weighted by atomic mass is 16.5. The van der Waals surface area contributed by atoms with Crippen molar-refractivity contribution in [2.24, 2.45) is 11.7 Å². The van der Waals surface area contributed by atoms with E-state index >= 15 is 0 Å². The maximum absolute atomic E-state index is 11.4. The first kappa shape index (κ1) is 17.0. The molecule has 3 N–H and O–H groups in total. The molecule has 1 aromatic carbocycles. The molecule has 5 nitrogen and oxygen atoms in total. The number of primary amides is 1. The summed E-state index contributed by atoms with van der Waals surface area (Å²) < 4.78 is 5.63. The Kier molecular flexibility index (Phi) is 6.70. The minimum absolute atomic E-state index is 0.00288. The highest BCUT2D eigenvalue weighted by molar-refractivity contribution is 5.79. The van der Waals surface area contributed by atoms with Gasteiger partial charge in [-0.05, 0) is 43.5 Å². The number of carbonyl (C=O) groups excluding carboxylic acids is 1. The van der Waals surface area contributed by atoms with Crippen LogP contribution >= 0.6 is 0 Å². The summed E-state index contributed by atoms with van der Waals surface area (Å²) in [6.45, 7) is 6.47. The normalized spacial score (nSPS) is 13.5. The second-order valence-electron chi connectivity index (χ2n) is 5.60. The molecule has 1 aromatic rings. The molecule has 0 fully saturated rings. The molecule has 114 valence electrons. The SMILES string of the molecule is CC(C)C[C@H](NC(C)COc1ccc(C#N)cc1)C(N)=O. The molecule has 0 aliphatic carbocycles. The predicted molar refractivity (Wildman–Crippen MR) is 81.7 cm³/mol. The quantitative estimate of drug-likeness (QED) is 0.764. The van der Waals surface area contributed by atoms with Gasteiger partial charge in [0.1, 0.15) is 12.4 Å². The van der Waals surface area contributed by atoms with Crippen LogP contribution in [0.25, 0.3) is 0 Å². The van der Waals surface area contributed by atoms with Crippen LogP contribution in [0.1, 0.15) is 32.8 Å². The first-order chi connectivity index (χ1) is 9.92. The molecule has 0 radical (unpaired) electrons. The summed E-state index contributed by atoms with van der Waals surface area (Å²) in [5.41, 5.74) is 6.00. The maximum Gasteiger partial charge on any atom is 0.234 e. The van der Waals surface area contributed by atoms with Gasteiger partial charge in [0, 0.05) is 6.04 Å². The van der Waals surface area contributed by atoms with Gasteiger partial charge < -0.3 is 10.5 Å². The molecule has 0 bridgehead atoms. The first-order valence-corrected chi connectivity index (χ1v) is 7.10. The summed E-state index contributed by atoms with van der Waals surface area (Å²) in [7, 11) is 0. The molecular weight excluding hydrogens is 266 g/mol. The van der Waals surface area contributed by atoms with E-state index in [-0.39, 0.29) is 18.0 Å². The van der Waals surface area contributed by atoms with Crippen molar-refractivity contribution in [2.75, 3.05) is 6.61 Å². The largest absolute Gasteiger partial charge is 0.492 e. The second-order valence-corrected chi connectivity index (χ2v) is 5.60. The third-order valence-electron chi connectivity index (χ3n) is 3.02. The number of nitrogens with two attached hydrogens (primary N) is 1. The Balaban J connectivity index is 2.46. The van der Waals surface area contributed by atoms with E-state index in [2.05, 4.69) is 25.2 Å². The van der Waals surface area contributed by atoms with Gasteiger partial charge in [0.25, 0.3) is 0 Å². The molecule has 0 spiro atoms. The Morgan fingerprint density at radius 2 is 1.95 bits per heavy atom. The zero-order valence-corrected chi connectivity index (χ0v) is 12.8. The third kappa shape index (κ3) is 6.28. The Morgan fingerprint density at radius 1 is 1.33 bits per heavy atom. The molecule has 0 aliphatic heterocycles. The molecule has 1 amide bonds. The molecule has 0 saturated heterocycles. The van der Waals surface area contributed by atoms with E-state index in [1.165, 1.54) is 0 Å². The Bertz CT molecular complexity index is 491. The van der Waals surface area contributed by atoms with Gasteiger partial charge in [-0.2, -0.15) is 5.26 Å². The van der Waals surface area contributed by atoms with E-state index < -0.39 is 0 Å². The van der Waals surface area contributed by atoms with Crippen molar-refractivity contribution in [3.8, 4) is 11.8 Å². The summed E-state index contributed by atoms with van der Waals surface area (Å²) >= 11 is 0. The highest BCUT2D eigenvalue weighted by Crippen LogP contribution is 2.12. The first-order valence-electron chi connectivity index (χ1n) is 7.10. The number of benzene rings is 1. The van der Waals surface area contributed by atoms with Gasteiger partial charge in [-0.25, -0.2) is 0 Å². The zero-order chi connectivity index (χ0) is 15.8. The van der Waals surface area contributed by atoms with Gasteiger partial charge in [-0.15, -0.1) is 0 Å². The van der Waals surface area contributed by atoms with Gasteiger partial charge >= 0.3 is 0 Å². The third-order valence-corrected chi connectivity index (χ3v) is 3.02. The van der Waals surface area contributed by atoms with Crippen molar-refractivity contribution in [2.45, 2.75) is 39.3 Å². The van der Waals surface area contributed by atoms with Crippen LogP contribution in [0.5, 0.6) is 5.75 Å². The average Bonchev–Trinajstić information content (AvgIpc) is 2.44. The molecule has 0 saturated carbocycles. The summed E-state index contributed by atoms with van der Waals surface area (Å²) in [6, 6.07) is 8.63. The minimum Gasteiger partial charge on any atom is -0.492 e. The maximum atomic E-state index is 11.4.